The van der Waals surface area contributed by atoms with E-state index in [1.54, 1.807) is 0 Å². The predicted octanol–water partition coefficient (Wildman–Crippen LogP) is -4.22. The first-order valence-corrected chi connectivity index (χ1v) is 6.72. The number of carbonyl (C=O) groups is 1. The molecule has 0 aliphatic carbocycles. The van der Waals surface area contributed by atoms with Crippen molar-refractivity contribution in [3.63, 3.8) is 0 Å². The Morgan fingerprint density at radius 1 is 1.42 bits per heavy atom. The Labute approximate surface area is 108 Å². The quantitative estimate of drug-likeness (QED) is 0.375. The molecular formula is C8H14NO9P-2. The van der Waals surface area contributed by atoms with Crippen LogP contribution in [0.1, 0.15) is 6.92 Å². The molecule has 1 amide bonds. The van der Waals surface area contributed by atoms with Crippen LogP contribution in [-0.4, -0.2) is 58.5 Å². The number of hydrogen-bond donors (Lipinski definition) is 4. The van der Waals surface area contributed by atoms with Gasteiger partial charge >= 0.3 is 0 Å². The zero-order chi connectivity index (χ0) is 14.8. The van der Waals surface area contributed by atoms with Gasteiger partial charge in [-0.15, -0.1) is 0 Å². The summed E-state index contributed by atoms with van der Waals surface area (Å²) in [7, 11) is -5.45. The first-order valence-electron chi connectivity index (χ1n) is 5.25. The van der Waals surface area contributed by atoms with E-state index in [1.807, 2.05) is 0 Å². The van der Waals surface area contributed by atoms with Gasteiger partial charge < -0.3 is 44.2 Å². The van der Waals surface area contributed by atoms with Crippen molar-refractivity contribution in [1.29, 1.82) is 0 Å². The summed E-state index contributed by atoms with van der Waals surface area (Å²) >= 11 is 0. The monoisotopic (exact) mass is 299 g/mol. The zero-order valence-corrected chi connectivity index (χ0v) is 10.7. The van der Waals surface area contributed by atoms with Crippen molar-refractivity contribution in [3.05, 3.63) is 0 Å². The van der Waals surface area contributed by atoms with Gasteiger partial charge in [-0.05, 0) is 0 Å². The third-order valence-electron chi connectivity index (χ3n) is 2.48. The van der Waals surface area contributed by atoms with Crippen molar-refractivity contribution < 1.29 is 43.7 Å². The largest absolute Gasteiger partial charge is 0.790 e. The number of nitrogens with one attached hydrogen (secondary N) is 1. The topological polar surface area (TPSA) is 171 Å². The molecule has 0 unspecified atom stereocenters. The van der Waals surface area contributed by atoms with Crippen LogP contribution in [0.5, 0.6) is 0 Å². The highest BCUT2D eigenvalue weighted by Gasteiger charge is 2.45. The molecule has 0 radical (unpaired) electrons. The molecule has 1 aliphatic heterocycles. The molecule has 1 aliphatic rings. The van der Waals surface area contributed by atoms with E-state index < -0.39 is 51.0 Å². The highest BCUT2D eigenvalue weighted by atomic mass is 31.2. The normalized spacial score (nSPS) is 36.0. The average molecular weight is 299 g/mol. The summed E-state index contributed by atoms with van der Waals surface area (Å²) in [6.45, 7) is 0.329. The van der Waals surface area contributed by atoms with E-state index in [2.05, 4.69) is 9.84 Å². The van der Waals surface area contributed by atoms with Crippen LogP contribution in [0.3, 0.4) is 0 Å². The summed E-state index contributed by atoms with van der Waals surface area (Å²) in [6.07, 6.45) is -6.44. The Kier molecular flexibility index (Phi) is 5.42. The SMILES string of the molecule is CC(=O)N[C@H]1[C@@H](OP(=O)([O-])[O-])O[C@H](CO)[C@H](O)[C@@H]1O. The second kappa shape index (κ2) is 6.25. The van der Waals surface area contributed by atoms with Crippen molar-refractivity contribution in [2.75, 3.05) is 6.61 Å². The number of phosphoric ester groups is 1. The second-order valence-electron chi connectivity index (χ2n) is 3.99. The van der Waals surface area contributed by atoms with Crippen LogP contribution >= 0.6 is 7.82 Å². The minimum absolute atomic E-state index is 0.664. The van der Waals surface area contributed by atoms with Gasteiger partial charge in [-0.2, -0.15) is 0 Å². The molecule has 1 rings (SSSR count). The molecule has 0 aromatic heterocycles. The molecule has 0 aromatic carbocycles. The summed E-state index contributed by atoms with van der Waals surface area (Å²) in [4.78, 5) is 32.1. The van der Waals surface area contributed by atoms with Gasteiger partial charge in [0.15, 0.2) is 6.29 Å². The number of hydrogen-bond acceptors (Lipinski definition) is 9. The lowest BCUT2D eigenvalue weighted by Crippen LogP contribution is -2.64. The molecule has 0 saturated carbocycles. The molecule has 10 nitrogen and oxygen atoms in total. The van der Waals surface area contributed by atoms with Gasteiger partial charge in [-0.3, -0.25) is 4.79 Å². The third kappa shape index (κ3) is 4.48. The zero-order valence-electron chi connectivity index (χ0n) is 9.83. The average Bonchev–Trinajstić information content (AvgIpc) is 2.26. The number of phosphoric acid groups is 1. The molecular weight excluding hydrogens is 285 g/mol. The van der Waals surface area contributed by atoms with Gasteiger partial charge in [0.2, 0.25) is 5.91 Å². The third-order valence-corrected chi connectivity index (χ3v) is 2.95. The molecule has 0 spiro atoms. The van der Waals surface area contributed by atoms with Crippen molar-refractivity contribution in [2.45, 2.75) is 37.6 Å². The number of aliphatic hydroxyl groups is 3. The number of aliphatic hydroxyl groups excluding tert-OH is 3. The Balaban J connectivity index is 2.92. The molecule has 1 heterocycles. The smallest absolute Gasteiger partial charge is 0.217 e. The molecule has 0 aromatic rings. The summed E-state index contributed by atoms with van der Waals surface area (Å²) in [5.74, 6) is -0.664. The maximum Gasteiger partial charge on any atom is 0.217 e. The van der Waals surface area contributed by atoms with Gasteiger partial charge in [0, 0.05) is 6.92 Å². The van der Waals surface area contributed by atoms with Crippen molar-refractivity contribution in [1.82, 2.24) is 5.32 Å². The first kappa shape index (κ1) is 16.5. The molecule has 5 atom stereocenters. The number of carbonyl (C=O) groups excluding carboxylic acids is 1. The maximum atomic E-state index is 10.9. The van der Waals surface area contributed by atoms with Gasteiger partial charge in [-0.25, -0.2) is 0 Å². The Bertz CT molecular complexity index is 371. The van der Waals surface area contributed by atoms with E-state index in [0.29, 0.717) is 0 Å². The van der Waals surface area contributed by atoms with Crippen LogP contribution in [0.2, 0.25) is 0 Å². The van der Waals surface area contributed by atoms with Gasteiger partial charge in [0.05, 0.1) is 14.4 Å². The fraction of sp³-hybridized carbons (Fsp3) is 0.875. The Hall–Kier alpha value is -0.580. The number of rotatable bonds is 4. The van der Waals surface area contributed by atoms with Crippen LogP contribution < -0.4 is 15.1 Å². The lowest BCUT2D eigenvalue weighted by atomic mass is 9.97. The molecule has 1 fully saturated rings. The summed E-state index contributed by atoms with van der Waals surface area (Å²) in [6, 6.07) is -1.47. The predicted molar refractivity (Wildman–Crippen MR) is 54.1 cm³/mol. The standard InChI is InChI=1S/C8H16NO9P/c1-3(11)9-5-7(13)6(12)4(2-10)17-8(5)18-19(14,15)16/h4-8,10,12-13H,2H2,1H3,(H,9,11)(H2,14,15,16)/p-2/t4-,5-,6+,7-,8-/m1/s1. The lowest BCUT2D eigenvalue weighted by molar-refractivity contribution is -0.362. The first-order chi connectivity index (χ1) is 8.65. The molecule has 4 N–H and O–H groups in total. The fourth-order valence-electron chi connectivity index (χ4n) is 1.69. The van der Waals surface area contributed by atoms with Crippen LogP contribution in [-0.2, 0) is 18.6 Å². The van der Waals surface area contributed by atoms with E-state index in [-0.39, 0.29) is 0 Å². The van der Waals surface area contributed by atoms with Gasteiger partial charge in [0.25, 0.3) is 0 Å². The van der Waals surface area contributed by atoms with Gasteiger partial charge in [0.1, 0.15) is 24.4 Å². The lowest BCUT2D eigenvalue weighted by Gasteiger charge is -2.45. The minimum Gasteiger partial charge on any atom is -0.790 e. The van der Waals surface area contributed by atoms with E-state index in [0.717, 1.165) is 6.92 Å². The van der Waals surface area contributed by atoms with Gasteiger partial charge in [-0.1, -0.05) is 0 Å². The maximum absolute atomic E-state index is 10.9. The van der Waals surface area contributed by atoms with Crippen molar-refractivity contribution in [3.8, 4) is 0 Å². The molecule has 1 saturated heterocycles. The van der Waals surface area contributed by atoms with E-state index in [9.17, 15) is 29.4 Å². The molecule has 0 bridgehead atoms. The number of ether oxygens (including phenoxy) is 1. The van der Waals surface area contributed by atoms with Crippen LogP contribution in [0.15, 0.2) is 0 Å². The van der Waals surface area contributed by atoms with Crippen molar-refractivity contribution in [2.24, 2.45) is 0 Å². The highest BCUT2D eigenvalue weighted by Crippen LogP contribution is 2.33. The van der Waals surface area contributed by atoms with E-state index in [4.69, 9.17) is 9.84 Å². The van der Waals surface area contributed by atoms with E-state index >= 15 is 0 Å². The second-order valence-corrected chi connectivity index (χ2v) is 5.09. The summed E-state index contributed by atoms with van der Waals surface area (Å²) in [5, 5.41) is 30.3. The Morgan fingerprint density at radius 2 is 2.00 bits per heavy atom. The van der Waals surface area contributed by atoms with Crippen LogP contribution in [0.25, 0.3) is 0 Å². The summed E-state index contributed by atoms with van der Waals surface area (Å²) in [5.41, 5.74) is 0. The Morgan fingerprint density at radius 3 is 2.42 bits per heavy atom. The fourth-order valence-corrected chi connectivity index (χ4v) is 2.12. The molecule has 112 valence electrons. The van der Waals surface area contributed by atoms with Crippen LogP contribution in [0, 0.1) is 0 Å². The van der Waals surface area contributed by atoms with E-state index in [1.165, 1.54) is 0 Å². The van der Waals surface area contributed by atoms with Crippen LogP contribution in [0.4, 0.5) is 0 Å². The summed E-state index contributed by atoms with van der Waals surface area (Å²) < 4.78 is 19.5. The number of amides is 1. The molecule has 11 heteroatoms. The minimum atomic E-state index is -5.45. The van der Waals surface area contributed by atoms with Crippen molar-refractivity contribution >= 4 is 13.7 Å². The molecule has 19 heavy (non-hydrogen) atoms. The highest BCUT2D eigenvalue weighted by molar-refractivity contribution is 7.43.